The minimum Gasteiger partial charge on any atom is -0.481 e. The molecule has 0 spiro atoms. The zero-order valence-electron chi connectivity index (χ0n) is 10.0. The molecule has 110 valence electrons. The highest BCUT2D eigenvalue weighted by Gasteiger charge is 2.35. The van der Waals surface area contributed by atoms with E-state index in [0.717, 1.165) is 0 Å². The summed E-state index contributed by atoms with van der Waals surface area (Å²) in [5.74, 6) is -11.7. The van der Waals surface area contributed by atoms with Gasteiger partial charge in [0.05, 0.1) is 6.42 Å². The van der Waals surface area contributed by atoms with Crippen LogP contribution in [0.2, 0.25) is 0 Å². The minimum atomic E-state index is -2.24. The number of hydrogen-bond acceptors (Lipinski definition) is 2. The Hall–Kier alpha value is -1.86. The molecule has 0 aromatic heterocycles. The van der Waals surface area contributed by atoms with E-state index >= 15 is 0 Å². The number of rotatable bonds is 5. The summed E-state index contributed by atoms with van der Waals surface area (Å²) in [6.07, 6.45) is 0.810. The Kier molecular flexibility index (Phi) is 3.82. The normalized spacial score (nSPS) is 16.1. The van der Waals surface area contributed by atoms with E-state index in [0.29, 0.717) is 12.8 Å². The van der Waals surface area contributed by atoms with Crippen molar-refractivity contribution >= 4 is 11.7 Å². The molecular formula is C12H10F5NO2. The van der Waals surface area contributed by atoms with Crippen molar-refractivity contribution < 1.29 is 31.9 Å². The van der Waals surface area contributed by atoms with Crippen molar-refractivity contribution in [3.8, 4) is 0 Å². The summed E-state index contributed by atoms with van der Waals surface area (Å²) in [7, 11) is 0. The Bertz CT molecular complexity index is 530. The lowest BCUT2D eigenvalue weighted by Crippen LogP contribution is -2.27. The zero-order valence-corrected chi connectivity index (χ0v) is 10.0. The first-order valence-electron chi connectivity index (χ1n) is 5.82. The highest BCUT2D eigenvalue weighted by molar-refractivity contribution is 5.68. The summed E-state index contributed by atoms with van der Waals surface area (Å²) < 4.78 is 65.8. The van der Waals surface area contributed by atoms with Crippen molar-refractivity contribution in [2.24, 2.45) is 5.92 Å². The highest BCUT2D eigenvalue weighted by atomic mass is 19.2. The van der Waals surface area contributed by atoms with Gasteiger partial charge in [0, 0.05) is 6.04 Å². The maximum absolute atomic E-state index is 13.5. The molecule has 0 bridgehead atoms. The van der Waals surface area contributed by atoms with E-state index in [1.807, 2.05) is 0 Å². The molecule has 0 radical (unpaired) electrons. The number of benzene rings is 1. The second kappa shape index (κ2) is 5.26. The van der Waals surface area contributed by atoms with Gasteiger partial charge in [-0.3, -0.25) is 4.79 Å². The van der Waals surface area contributed by atoms with Crippen molar-refractivity contribution in [2.45, 2.75) is 25.3 Å². The van der Waals surface area contributed by atoms with Gasteiger partial charge in [-0.05, 0) is 18.8 Å². The number of anilines is 1. The predicted molar refractivity (Wildman–Crippen MR) is 58.6 cm³/mol. The van der Waals surface area contributed by atoms with Gasteiger partial charge in [-0.25, -0.2) is 22.0 Å². The van der Waals surface area contributed by atoms with Crippen LogP contribution in [0.5, 0.6) is 0 Å². The molecule has 2 rings (SSSR count). The maximum Gasteiger partial charge on any atom is 0.305 e. The van der Waals surface area contributed by atoms with E-state index in [-0.39, 0.29) is 5.92 Å². The SMILES string of the molecule is O=C(O)CC(Nc1c(F)c(F)c(F)c(F)c1F)C1CC1. The van der Waals surface area contributed by atoms with Crippen LogP contribution in [0.4, 0.5) is 27.6 Å². The van der Waals surface area contributed by atoms with Gasteiger partial charge in [-0.1, -0.05) is 0 Å². The number of carbonyl (C=O) groups is 1. The molecule has 1 aliphatic rings. The fraction of sp³-hybridized carbons (Fsp3) is 0.417. The van der Waals surface area contributed by atoms with Crippen LogP contribution in [0.3, 0.4) is 0 Å². The van der Waals surface area contributed by atoms with Crippen LogP contribution in [0.15, 0.2) is 0 Å². The molecule has 0 heterocycles. The third kappa shape index (κ3) is 2.68. The molecule has 1 fully saturated rings. The number of nitrogens with one attached hydrogen (secondary N) is 1. The van der Waals surface area contributed by atoms with E-state index < -0.39 is 53.2 Å². The molecule has 0 saturated heterocycles. The van der Waals surface area contributed by atoms with Gasteiger partial charge in [0.1, 0.15) is 5.69 Å². The average Bonchev–Trinajstić information content (AvgIpc) is 3.21. The first-order chi connectivity index (χ1) is 9.32. The van der Waals surface area contributed by atoms with Gasteiger partial charge < -0.3 is 10.4 Å². The summed E-state index contributed by atoms with van der Waals surface area (Å²) in [6, 6.07) is -0.874. The van der Waals surface area contributed by atoms with Gasteiger partial charge >= 0.3 is 5.97 Å². The van der Waals surface area contributed by atoms with E-state index in [4.69, 9.17) is 5.11 Å². The molecule has 20 heavy (non-hydrogen) atoms. The third-order valence-corrected chi connectivity index (χ3v) is 3.13. The molecule has 3 nitrogen and oxygen atoms in total. The average molecular weight is 295 g/mol. The molecule has 1 aromatic rings. The second-order valence-electron chi connectivity index (χ2n) is 4.63. The largest absolute Gasteiger partial charge is 0.481 e. The summed E-state index contributed by atoms with van der Waals surface area (Å²) in [6.45, 7) is 0. The van der Waals surface area contributed by atoms with E-state index in [9.17, 15) is 26.7 Å². The van der Waals surface area contributed by atoms with Crippen molar-refractivity contribution in [3.63, 3.8) is 0 Å². The quantitative estimate of drug-likeness (QED) is 0.498. The lowest BCUT2D eigenvalue weighted by atomic mass is 10.1. The van der Waals surface area contributed by atoms with E-state index in [1.165, 1.54) is 0 Å². The number of halogens is 5. The van der Waals surface area contributed by atoms with Crippen LogP contribution in [0.1, 0.15) is 19.3 Å². The fourth-order valence-electron chi connectivity index (χ4n) is 1.94. The van der Waals surface area contributed by atoms with Crippen LogP contribution < -0.4 is 5.32 Å². The summed E-state index contributed by atoms with van der Waals surface area (Å²) in [5.41, 5.74) is -1.18. The molecule has 0 aliphatic heterocycles. The Labute approximate surface area is 110 Å². The Balaban J connectivity index is 2.34. The molecule has 1 aliphatic carbocycles. The Morgan fingerprint density at radius 2 is 1.50 bits per heavy atom. The molecule has 2 N–H and O–H groups in total. The van der Waals surface area contributed by atoms with Gasteiger partial charge in [-0.15, -0.1) is 0 Å². The monoisotopic (exact) mass is 295 g/mol. The van der Waals surface area contributed by atoms with Gasteiger partial charge in [0.2, 0.25) is 5.82 Å². The van der Waals surface area contributed by atoms with Crippen molar-refractivity contribution in [1.29, 1.82) is 0 Å². The third-order valence-electron chi connectivity index (χ3n) is 3.13. The first kappa shape index (κ1) is 14.5. The Morgan fingerprint density at radius 1 is 1.05 bits per heavy atom. The summed E-state index contributed by atoms with van der Waals surface area (Å²) >= 11 is 0. The summed E-state index contributed by atoms with van der Waals surface area (Å²) in [5, 5.41) is 10.8. The predicted octanol–water partition coefficient (Wildman–Crippen LogP) is 3.05. The molecule has 8 heteroatoms. The fourth-order valence-corrected chi connectivity index (χ4v) is 1.94. The van der Waals surface area contributed by atoms with Crippen molar-refractivity contribution in [3.05, 3.63) is 29.1 Å². The van der Waals surface area contributed by atoms with Crippen molar-refractivity contribution in [2.75, 3.05) is 5.32 Å². The van der Waals surface area contributed by atoms with Crippen LogP contribution in [0, 0.1) is 35.0 Å². The smallest absolute Gasteiger partial charge is 0.305 e. The van der Waals surface area contributed by atoms with Crippen LogP contribution in [-0.4, -0.2) is 17.1 Å². The van der Waals surface area contributed by atoms with Crippen LogP contribution in [0.25, 0.3) is 0 Å². The standard InChI is InChI=1S/C12H10F5NO2/c13-7-8(14)10(16)12(11(17)9(7)15)18-5(3-6(19)20)4-1-2-4/h4-5,18H,1-3H2,(H,19,20). The highest BCUT2D eigenvalue weighted by Crippen LogP contribution is 2.37. The molecular weight excluding hydrogens is 285 g/mol. The first-order valence-corrected chi connectivity index (χ1v) is 5.82. The van der Waals surface area contributed by atoms with Gasteiger partial charge in [0.15, 0.2) is 23.3 Å². The zero-order chi connectivity index (χ0) is 15.0. The number of aliphatic carboxylic acids is 1. The van der Waals surface area contributed by atoms with Gasteiger partial charge in [-0.2, -0.15) is 0 Å². The molecule has 1 saturated carbocycles. The second-order valence-corrected chi connectivity index (χ2v) is 4.63. The Morgan fingerprint density at radius 3 is 1.90 bits per heavy atom. The molecule has 1 atom stereocenters. The van der Waals surface area contributed by atoms with Crippen molar-refractivity contribution in [1.82, 2.24) is 0 Å². The lowest BCUT2D eigenvalue weighted by molar-refractivity contribution is -0.137. The van der Waals surface area contributed by atoms with E-state index in [1.54, 1.807) is 0 Å². The summed E-state index contributed by atoms with van der Waals surface area (Å²) in [4.78, 5) is 10.7. The maximum atomic E-state index is 13.5. The van der Waals surface area contributed by atoms with Gasteiger partial charge in [0.25, 0.3) is 0 Å². The molecule has 1 aromatic carbocycles. The topological polar surface area (TPSA) is 49.3 Å². The molecule has 1 unspecified atom stereocenters. The van der Waals surface area contributed by atoms with E-state index in [2.05, 4.69) is 5.32 Å². The number of hydrogen-bond donors (Lipinski definition) is 2. The lowest BCUT2D eigenvalue weighted by Gasteiger charge is -2.19. The molecule has 0 amide bonds. The van der Waals surface area contributed by atoms with Crippen LogP contribution >= 0.6 is 0 Å². The minimum absolute atomic E-state index is 0.152. The number of carboxylic acids is 1. The van der Waals surface area contributed by atoms with Crippen LogP contribution in [-0.2, 0) is 4.79 Å². The number of carboxylic acid groups (broad SMARTS) is 1.